The topological polar surface area (TPSA) is 59.8 Å². The first-order chi connectivity index (χ1) is 14.3. The van der Waals surface area contributed by atoms with E-state index in [0.717, 1.165) is 36.1 Å². The first kappa shape index (κ1) is 20.4. The maximum Gasteiger partial charge on any atom is 0.417 e. The van der Waals surface area contributed by atoms with Gasteiger partial charge in [-0.15, -0.1) is 0 Å². The van der Waals surface area contributed by atoms with Gasteiger partial charge in [0.25, 0.3) is 5.56 Å². The highest BCUT2D eigenvalue weighted by atomic mass is 35.5. The van der Waals surface area contributed by atoms with E-state index in [9.17, 15) is 18.0 Å². The SMILES string of the molecule is O=c1c(Cl)c(NCC2(Cc3ccccc3)CC2)cnn1-c1ccc(C(F)(F)F)cn1. The quantitative estimate of drug-likeness (QED) is 0.609. The van der Waals surface area contributed by atoms with Gasteiger partial charge in [0.05, 0.1) is 17.4 Å². The third-order valence-electron chi connectivity index (χ3n) is 5.24. The molecular formula is C21H18ClF3N4O. The van der Waals surface area contributed by atoms with Gasteiger partial charge in [-0.05, 0) is 42.4 Å². The number of halogens is 4. The van der Waals surface area contributed by atoms with E-state index in [1.54, 1.807) is 0 Å². The van der Waals surface area contributed by atoms with Gasteiger partial charge in [-0.25, -0.2) is 4.98 Å². The lowest BCUT2D eigenvalue weighted by Gasteiger charge is -2.17. The van der Waals surface area contributed by atoms with Crippen molar-refractivity contribution in [3.63, 3.8) is 0 Å². The fourth-order valence-corrected chi connectivity index (χ4v) is 3.50. The summed E-state index contributed by atoms with van der Waals surface area (Å²) in [6.07, 6.45) is 0.622. The number of alkyl halides is 3. The van der Waals surface area contributed by atoms with E-state index in [0.29, 0.717) is 18.4 Å². The Balaban J connectivity index is 1.49. The van der Waals surface area contributed by atoms with E-state index in [2.05, 4.69) is 27.5 Å². The second kappa shape index (κ2) is 7.75. The zero-order chi connectivity index (χ0) is 21.4. The van der Waals surface area contributed by atoms with Gasteiger partial charge in [0, 0.05) is 12.7 Å². The van der Waals surface area contributed by atoms with Crippen molar-refractivity contribution < 1.29 is 13.2 Å². The minimum atomic E-state index is -4.51. The van der Waals surface area contributed by atoms with Crippen LogP contribution in [0.1, 0.15) is 24.0 Å². The standard InChI is InChI=1S/C21H18ClF3N4O/c22-18-16(27-13-20(8-9-20)10-14-4-2-1-3-5-14)12-28-29(19(18)30)17-7-6-15(11-26-17)21(23,24)25/h1-7,11-12,27H,8-10,13H2. The fraction of sp³-hybridized carbons (Fsp3) is 0.286. The number of pyridine rings is 1. The predicted molar refractivity (Wildman–Crippen MR) is 108 cm³/mol. The summed E-state index contributed by atoms with van der Waals surface area (Å²) >= 11 is 6.22. The van der Waals surface area contributed by atoms with E-state index in [1.165, 1.54) is 11.8 Å². The molecule has 1 aliphatic carbocycles. The minimum Gasteiger partial charge on any atom is -0.382 e. The summed E-state index contributed by atoms with van der Waals surface area (Å²) in [5, 5.41) is 7.15. The summed E-state index contributed by atoms with van der Waals surface area (Å²) < 4.78 is 38.9. The van der Waals surface area contributed by atoms with Crippen LogP contribution >= 0.6 is 11.6 Å². The minimum absolute atomic E-state index is 0.0378. The molecule has 4 rings (SSSR count). The van der Waals surface area contributed by atoms with Crippen LogP contribution in [-0.4, -0.2) is 21.3 Å². The van der Waals surface area contributed by atoms with E-state index in [-0.39, 0.29) is 16.3 Å². The maximum atomic E-state index is 12.7. The first-order valence-electron chi connectivity index (χ1n) is 9.37. The number of benzene rings is 1. The molecule has 30 heavy (non-hydrogen) atoms. The molecule has 0 aliphatic heterocycles. The highest BCUT2D eigenvalue weighted by molar-refractivity contribution is 6.32. The molecule has 1 aromatic carbocycles. The second-order valence-corrected chi connectivity index (χ2v) is 7.89. The van der Waals surface area contributed by atoms with Crippen molar-refractivity contribution in [3.05, 3.63) is 81.4 Å². The molecule has 1 saturated carbocycles. The van der Waals surface area contributed by atoms with Gasteiger partial charge in [0.2, 0.25) is 0 Å². The maximum absolute atomic E-state index is 12.7. The highest BCUT2D eigenvalue weighted by Crippen LogP contribution is 2.48. The molecule has 0 amide bonds. The Labute approximate surface area is 175 Å². The van der Waals surface area contributed by atoms with E-state index < -0.39 is 17.3 Å². The number of rotatable bonds is 6. The molecule has 1 aliphatic rings. The van der Waals surface area contributed by atoms with Gasteiger partial charge in [0.1, 0.15) is 5.02 Å². The van der Waals surface area contributed by atoms with Crippen LogP contribution in [-0.2, 0) is 12.6 Å². The molecule has 5 nitrogen and oxygen atoms in total. The average molecular weight is 435 g/mol. The lowest BCUT2D eigenvalue weighted by atomic mass is 9.96. The Morgan fingerprint density at radius 1 is 1.10 bits per heavy atom. The van der Waals surface area contributed by atoms with Crippen molar-refractivity contribution in [3.8, 4) is 5.82 Å². The van der Waals surface area contributed by atoms with Crippen LogP contribution in [0.4, 0.5) is 18.9 Å². The van der Waals surface area contributed by atoms with E-state index in [1.807, 2.05) is 18.2 Å². The van der Waals surface area contributed by atoms with Gasteiger partial charge in [-0.1, -0.05) is 41.9 Å². The lowest BCUT2D eigenvalue weighted by molar-refractivity contribution is -0.137. The van der Waals surface area contributed by atoms with Crippen LogP contribution in [0.2, 0.25) is 5.02 Å². The van der Waals surface area contributed by atoms with Crippen molar-refractivity contribution in [2.75, 3.05) is 11.9 Å². The van der Waals surface area contributed by atoms with Gasteiger partial charge in [-0.2, -0.15) is 23.0 Å². The third-order valence-corrected chi connectivity index (χ3v) is 5.61. The summed E-state index contributed by atoms with van der Waals surface area (Å²) in [6, 6.07) is 12.1. The molecule has 0 saturated heterocycles. The lowest BCUT2D eigenvalue weighted by Crippen LogP contribution is -2.25. The molecule has 1 N–H and O–H groups in total. The van der Waals surface area contributed by atoms with Crippen LogP contribution in [0.3, 0.4) is 0 Å². The second-order valence-electron chi connectivity index (χ2n) is 7.51. The molecule has 0 atom stereocenters. The molecule has 9 heteroatoms. The Morgan fingerprint density at radius 2 is 1.83 bits per heavy atom. The summed E-state index contributed by atoms with van der Waals surface area (Å²) in [7, 11) is 0. The number of anilines is 1. The van der Waals surface area contributed by atoms with Gasteiger partial charge < -0.3 is 5.32 Å². The average Bonchev–Trinajstić information content (AvgIpc) is 3.49. The molecular weight excluding hydrogens is 417 g/mol. The fourth-order valence-electron chi connectivity index (χ4n) is 3.30. The summed E-state index contributed by atoms with van der Waals surface area (Å²) in [5.41, 5.74) is 0.210. The Hall–Kier alpha value is -2.87. The largest absolute Gasteiger partial charge is 0.417 e. The Kier molecular flexibility index (Phi) is 5.27. The van der Waals surface area contributed by atoms with Gasteiger partial charge >= 0.3 is 6.18 Å². The van der Waals surface area contributed by atoms with Crippen LogP contribution in [0.15, 0.2) is 59.7 Å². The molecule has 0 bridgehead atoms. The van der Waals surface area contributed by atoms with Gasteiger partial charge in [0.15, 0.2) is 5.82 Å². The zero-order valence-electron chi connectivity index (χ0n) is 15.8. The number of nitrogens with one attached hydrogen (secondary N) is 1. The molecule has 3 aromatic rings. The van der Waals surface area contributed by atoms with Crippen molar-refractivity contribution >= 4 is 17.3 Å². The number of hydrogen-bond acceptors (Lipinski definition) is 4. The Morgan fingerprint density at radius 3 is 2.43 bits per heavy atom. The monoisotopic (exact) mass is 434 g/mol. The third kappa shape index (κ3) is 4.33. The van der Waals surface area contributed by atoms with Crippen molar-refractivity contribution in [2.24, 2.45) is 5.41 Å². The highest BCUT2D eigenvalue weighted by Gasteiger charge is 2.42. The number of aromatic nitrogens is 3. The summed E-state index contributed by atoms with van der Waals surface area (Å²) in [5.74, 6) is -0.0378. The predicted octanol–water partition coefficient (Wildman–Crippen LogP) is 4.73. The van der Waals surface area contributed by atoms with Crippen molar-refractivity contribution in [2.45, 2.75) is 25.4 Å². The van der Waals surface area contributed by atoms with Gasteiger partial charge in [-0.3, -0.25) is 4.79 Å². The van der Waals surface area contributed by atoms with E-state index in [4.69, 9.17) is 11.6 Å². The Bertz CT molecular complexity index is 1090. The van der Waals surface area contributed by atoms with Crippen molar-refractivity contribution in [1.29, 1.82) is 0 Å². The molecule has 2 heterocycles. The molecule has 1 fully saturated rings. The number of nitrogens with zero attached hydrogens (tertiary/aromatic N) is 3. The normalized spacial score (nSPS) is 15.1. The van der Waals surface area contributed by atoms with Crippen LogP contribution in [0.5, 0.6) is 0 Å². The van der Waals surface area contributed by atoms with Crippen LogP contribution in [0, 0.1) is 5.41 Å². The number of hydrogen-bond donors (Lipinski definition) is 1. The molecule has 156 valence electrons. The van der Waals surface area contributed by atoms with Crippen LogP contribution in [0.25, 0.3) is 5.82 Å². The molecule has 0 radical (unpaired) electrons. The van der Waals surface area contributed by atoms with E-state index >= 15 is 0 Å². The van der Waals surface area contributed by atoms with Crippen molar-refractivity contribution in [1.82, 2.24) is 14.8 Å². The zero-order valence-corrected chi connectivity index (χ0v) is 16.5. The molecule has 0 unspecified atom stereocenters. The molecule has 2 aromatic heterocycles. The van der Waals surface area contributed by atoms with Crippen LogP contribution < -0.4 is 10.9 Å². The summed E-state index contributed by atoms with van der Waals surface area (Å²) in [6.45, 7) is 0.644. The summed E-state index contributed by atoms with van der Waals surface area (Å²) in [4.78, 5) is 16.3. The smallest absolute Gasteiger partial charge is 0.382 e. The molecule has 0 spiro atoms. The first-order valence-corrected chi connectivity index (χ1v) is 9.75.